The second kappa shape index (κ2) is 8.28. The molecule has 0 heterocycles. The van der Waals surface area contributed by atoms with Crippen LogP contribution in [0.5, 0.6) is 5.75 Å². The Morgan fingerprint density at radius 3 is 2.50 bits per heavy atom. The lowest BCUT2D eigenvalue weighted by molar-refractivity contribution is 0.305. The predicted molar refractivity (Wildman–Crippen MR) is 108 cm³/mol. The Balaban J connectivity index is 1.81. The molecule has 0 bridgehead atoms. The first-order chi connectivity index (χ1) is 12.5. The molecule has 0 N–H and O–H groups in total. The maximum Gasteiger partial charge on any atom is 0.128 e. The quantitative estimate of drug-likeness (QED) is 0.437. The first kappa shape index (κ1) is 18.3. The molecule has 0 atom stereocenters. The van der Waals surface area contributed by atoms with E-state index in [0.29, 0.717) is 6.61 Å². The number of rotatable bonds is 5. The van der Waals surface area contributed by atoms with Gasteiger partial charge in [-0.05, 0) is 61.4 Å². The molecule has 26 heavy (non-hydrogen) atoms. The van der Waals surface area contributed by atoms with Crippen LogP contribution in [0.1, 0.15) is 22.3 Å². The van der Waals surface area contributed by atoms with E-state index in [-0.39, 0.29) is 5.82 Å². The zero-order valence-corrected chi connectivity index (χ0v) is 16.3. The number of benzene rings is 3. The van der Waals surface area contributed by atoms with E-state index >= 15 is 0 Å². The van der Waals surface area contributed by atoms with E-state index in [4.69, 9.17) is 4.74 Å². The van der Waals surface area contributed by atoms with E-state index < -0.39 is 0 Å². The maximum absolute atomic E-state index is 13.0. The molecule has 3 aromatic carbocycles. The number of halogens is 2. The highest BCUT2D eigenvalue weighted by atomic mass is 79.9. The van der Waals surface area contributed by atoms with Gasteiger partial charge in [-0.1, -0.05) is 45.8 Å². The molecule has 0 aliphatic heterocycles. The van der Waals surface area contributed by atoms with Crippen molar-refractivity contribution in [3.05, 3.63) is 93.2 Å². The van der Waals surface area contributed by atoms with Gasteiger partial charge in [-0.2, -0.15) is 0 Å². The Kier molecular flexibility index (Phi) is 5.84. The summed E-state index contributed by atoms with van der Waals surface area (Å²) >= 11 is 3.49. The highest BCUT2D eigenvalue weighted by Crippen LogP contribution is 2.25. The summed E-state index contributed by atoms with van der Waals surface area (Å²) in [5, 5.41) is 0. The number of nitrogens with zero attached hydrogens (tertiary/aromatic N) is 1. The van der Waals surface area contributed by atoms with E-state index in [1.54, 1.807) is 12.1 Å². The Hall–Kier alpha value is -2.46. The molecule has 0 saturated carbocycles. The van der Waals surface area contributed by atoms with Crippen LogP contribution in [0.4, 0.5) is 10.1 Å². The van der Waals surface area contributed by atoms with Crippen molar-refractivity contribution in [3.8, 4) is 5.75 Å². The lowest BCUT2D eigenvalue weighted by atomic mass is 10.1. The molecule has 3 aromatic rings. The largest absolute Gasteiger partial charge is 0.488 e. The zero-order chi connectivity index (χ0) is 18.5. The molecule has 0 radical (unpaired) electrons. The van der Waals surface area contributed by atoms with Crippen LogP contribution in [0, 0.1) is 19.7 Å². The van der Waals surface area contributed by atoms with Crippen LogP contribution in [-0.2, 0) is 6.61 Å². The lowest BCUT2D eigenvalue weighted by Crippen LogP contribution is -1.98. The monoisotopic (exact) mass is 411 g/mol. The molecule has 3 rings (SSSR count). The maximum atomic E-state index is 13.0. The van der Waals surface area contributed by atoms with Gasteiger partial charge >= 0.3 is 0 Å². The summed E-state index contributed by atoms with van der Waals surface area (Å²) in [6, 6.07) is 18.3. The van der Waals surface area contributed by atoms with Crippen LogP contribution < -0.4 is 4.74 Å². The highest BCUT2D eigenvalue weighted by molar-refractivity contribution is 9.10. The van der Waals surface area contributed by atoms with Gasteiger partial charge in [0.15, 0.2) is 0 Å². The summed E-state index contributed by atoms with van der Waals surface area (Å²) in [6.45, 7) is 4.48. The van der Waals surface area contributed by atoms with Crippen molar-refractivity contribution in [1.29, 1.82) is 0 Å². The van der Waals surface area contributed by atoms with Crippen molar-refractivity contribution >= 4 is 27.8 Å². The minimum Gasteiger partial charge on any atom is -0.488 e. The van der Waals surface area contributed by atoms with Crippen molar-refractivity contribution < 1.29 is 9.13 Å². The summed E-state index contributed by atoms with van der Waals surface area (Å²) < 4.78 is 19.9. The number of hydrogen-bond acceptors (Lipinski definition) is 2. The molecule has 0 spiro atoms. The van der Waals surface area contributed by atoms with Gasteiger partial charge in [0.2, 0.25) is 0 Å². The molecule has 0 saturated heterocycles. The third-order valence-electron chi connectivity index (χ3n) is 3.97. The van der Waals surface area contributed by atoms with Gasteiger partial charge in [-0.3, -0.25) is 4.99 Å². The van der Waals surface area contributed by atoms with Crippen LogP contribution in [0.25, 0.3) is 0 Å². The number of aliphatic imine (C=N–C) groups is 1. The van der Waals surface area contributed by atoms with Crippen molar-refractivity contribution in [2.75, 3.05) is 0 Å². The fourth-order valence-electron chi connectivity index (χ4n) is 2.58. The number of ether oxygens (including phenoxy) is 1. The predicted octanol–water partition coefficient (Wildman–Crippen LogP) is 6.53. The topological polar surface area (TPSA) is 21.6 Å². The molecule has 0 fully saturated rings. The van der Waals surface area contributed by atoms with Gasteiger partial charge in [0.1, 0.15) is 18.2 Å². The fraction of sp³-hybridized carbons (Fsp3) is 0.136. The summed E-state index contributed by atoms with van der Waals surface area (Å²) in [5.41, 5.74) is 5.06. The smallest absolute Gasteiger partial charge is 0.128 e. The molecular formula is C22H19BrFNO. The lowest BCUT2D eigenvalue weighted by Gasteiger charge is -2.10. The molecule has 0 unspecified atom stereocenters. The first-order valence-corrected chi connectivity index (χ1v) is 9.09. The normalized spacial score (nSPS) is 11.1. The molecule has 0 aliphatic carbocycles. The third kappa shape index (κ3) is 4.79. The van der Waals surface area contributed by atoms with Gasteiger partial charge in [0.05, 0.1) is 5.69 Å². The van der Waals surface area contributed by atoms with Crippen molar-refractivity contribution in [2.45, 2.75) is 20.5 Å². The second-order valence-corrected chi connectivity index (χ2v) is 7.06. The van der Waals surface area contributed by atoms with E-state index in [2.05, 4.69) is 33.9 Å². The van der Waals surface area contributed by atoms with E-state index in [1.807, 2.05) is 43.5 Å². The molecule has 4 heteroatoms. The summed E-state index contributed by atoms with van der Waals surface area (Å²) in [7, 11) is 0. The Bertz CT molecular complexity index is 935. The Morgan fingerprint density at radius 1 is 1.00 bits per heavy atom. The van der Waals surface area contributed by atoms with Crippen LogP contribution in [0.15, 0.2) is 70.1 Å². The molecule has 0 amide bonds. The van der Waals surface area contributed by atoms with Crippen LogP contribution in [-0.4, -0.2) is 6.21 Å². The average Bonchev–Trinajstić information content (AvgIpc) is 2.61. The van der Waals surface area contributed by atoms with E-state index in [1.165, 1.54) is 17.7 Å². The van der Waals surface area contributed by atoms with Gasteiger partial charge in [-0.25, -0.2) is 4.39 Å². The van der Waals surface area contributed by atoms with Crippen LogP contribution >= 0.6 is 15.9 Å². The molecule has 2 nitrogen and oxygen atoms in total. The number of aryl methyl sites for hydroxylation is 2. The van der Waals surface area contributed by atoms with Crippen LogP contribution in [0.2, 0.25) is 0 Å². The molecule has 0 aromatic heterocycles. The van der Waals surface area contributed by atoms with Gasteiger partial charge in [-0.15, -0.1) is 0 Å². The minimum absolute atomic E-state index is 0.251. The van der Waals surface area contributed by atoms with E-state index in [0.717, 1.165) is 32.6 Å². The molecular weight excluding hydrogens is 393 g/mol. The SMILES string of the molecule is Cc1ccc(N=Cc2cc(Br)ccc2OCc2ccc(F)cc2)c(C)c1. The van der Waals surface area contributed by atoms with Crippen molar-refractivity contribution in [1.82, 2.24) is 0 Å². The highest BCUT2D eigenvalue weighted by Gasteiger charge is 2.05. The number of hydrogen-bond donors (Lipinski definition) is 0. The third-order valence-corrected chi connectivity index (χ3v) is 4.47. The Morgan fingerprint density at radius 2 is 1.77 bits per heavy atom. The van der Waals surface area contributed by atoms with Crippen molar-refractivity contribution in [2.24, 2.45) is 4.99 Å². The summed E-state index contributed by atoms with van der Waals surface area (Å²) in [6.07, 6.45) is 1.81. The molecule has 132 valence electrons. The van der Waals surface area contributed by atoms with Crippen molar-refractivity contribution in [3.63, 3.8) is 0 Å². The minimum atomic E-state index is -0.251. The second-order valence-electron chi connectivity index (χ2n) is 6.15. The molecule has 0 aliphatic rings. The summed E-state index contributed by atoms with van der Waals surface area (Å²) in [5.74, 6) is 0.477. The average molecular weight is 412 g/mol. The van der Waals surface area contributed by atoms with Gasteiger partial charge < -0.3 is 4.74 Å². The van der Waals surface area contributed by atoms with Gasteiger partial charge in [0.25, 0.3) is 0 Å². The Labute approximate surface area is 161 Å². The first-order valence-electron chi connectivity index (χ1n) is 8.29. The van der Waals surface area contributed by atoms with Gasteiger partial charge in [0, 0.05) is 16.3 Å². The van der Waals surface area contributed by atoms with E-state index in [9.17, 15) is 4.39 Å². The fourth-order valence-corrected chi connectivity index (χ4v) is 2.96. The summed E-state index contributed by atoms with van der Waals surface area (Å²) in [4.78, 5) is 4.61. The zero-order valence-electron chi connectivity index (χ0n) is 14.7. The van der Waals surface area contributed by atoms with Crippen LogP contribution in [0.3, 0.4) is 0 Å². The standard InChI is InChI=1S/C22H19BrFNO/c1-15-3-9-21(16(2)11-15)25-13-18-12-19(23)6-10-22(18)26-14-17-4-7-20(24)8-5-17/h3-13H,14H2,1-2H3.